The number of benzene rings is 2. The van der Waals surface area contributed by atoms with Crippen molar-refractivity contribution in [2.45, 2.75) is 13.3 Å². The van der Waals surface area contributed by atoms with Gasteiger partial charge >= 0.3 is 5.97 Å². The molecule has 0 saturated carbocycles. The maximum Gasteiger partial charge on any atom is 0.333 e. The van der Waals surface area contributed by atoms with E-state index in [0.717, 1.165) is 0 Å². The van der Waals surface area contributed by atoms with E-state index in [9.17, 15) is 9.59 Å². The van der Waals surface area contributed by atoms with Gasteiger partial charge < -0.3 is 13.9 Å². The summed E-state index contributed by atoms with van der Waals surface area (Å²) in [5.41, 5.74) is 1.34. The minimum atomic E-state index is -0.403. The third-order valence-electron chi connectivity index (χ3n) is 3.69. The summed E-state index contributed by atoms with van der Waals surface area (Å²) in [6, 6.07) is 12.3. The quantitative estimate of drug-likeness (QED) is 0.296. The summed E-state index contributed by atoms with van der Waals surface area (Å²) in [6.07, 6.45) is 0.554. The summed E-state index contributed by atoms with van der Waals surface area (Å²) in [4.78, 5) is 23.7. The molecule has 0 N–H and O–H groups in total. The van der Waals surface area contributed by atoms with Crippen LogP contribution in [0.5, 0.6) is 5.75 Å². The fraction of sp³-hybridized carbons (Fsp3) is 0.200. The molecule has 1 aromatic heterocycles. The molecule has 25 heavy (non-hydrogen) atoms. The van der Waals surface area contributed by atoms with Crippen LogP contribution < -0.4 is 10.2 Å². The van der Waals surface area contributed by atoms with Crippen LogP contribution in [0, 0.1) is 0 Å². The molecular weight excluding hydrogens is 320 g/mol. The predicted octanol–water partition coefficient (Wildman–Crippen LogP) is 3.83. The van der Waals surface area contributed by atoms with Crippen molar-refractivity contribution in [2.24, 2.45) is 0 Å². The van der Waals surface area contributed by atoms with Gasteiger partial charge in [-0.3, -0.25) is 4.79 Å². The summed E-state index contributed by atoms with van der Waals surface area (Å²) >= 11 is 0. The topological polar surface area (TPSA) is 65.7 Å². The van der Waals surface area contributed by atoms with Crippen molar-refractivity contribution in [3.63, 3.8) is 0 Å². The molecule has 128 valence electrons. The van der Waals surface area contributed by atoms with Crippen molar-refractivity contribution in [2.75, 3.05) is 13.2 Å². The molecule has 0 radical (unpaired) electrons. The highest BCUT2D eigenvalue weighted by Gasteiger charge is 2.08. The van der Waals surface area contributed by atoms with E-state index in [1.54, 1.807) is 37.3 Å². The molecule has 5 nitrogen and oxygen atoms in total. The van der Waals surface area contributed by atoms with Gasteiger partial charge in [0, 0.05) is 18.1 Å². The molecule has 5 heteroatoms. The standard InChI is InChI=1S/C20H18O5/c1-13(2)20(22)24-11-5-10-23-14-8-9-16-18(12-14)25-17-7-4-3-6-15(17)19(16)21/h3-4,6-9,12H,1,5,10-11H2,2H3. The number of rotatable bonds is 6. The van der Waals surface area contributed by atoms with E-state index in [2.05, 4.69) is 6.58 Å². The molecule has 0 aliphatic heterocycles. The van der Waals surface area contributed by atoms with Gasteiger partial charge in [-0.15, -0.1) is 0 Å². The first-order chi connectivity index (χ1) is 12.1. The molecular formula is C20H18O5. The molecule has 3 rings (SSSR count). The number of hydrogen-bond donors (Lipinski definition) is 0. The highest BCUT2D eigenvalue weighted by molar-refractivity contribution is 5.90. The van der Waals surface area contributed by atoms with Crippen LogP contribution in [0.4, 0.5) is 0 Å². The van der Waals surface area contributed by atoms with E-state index in [1.165, 1.54) is 0 Å². The Kier molecular flexibility index (Phi) is 4.84. The lowest BCUT2D eigenvalue weighted by molar-refractivity contribution is -0.139. The fourth-order valence-corrected chi connectivity index (χ4v) is 2.41. The Morgan fingerprint density at radius 2 is 1.84 bits per heavy atom. The molecule has 0 unspecified atom stereocenters. The molecule has 0 amide bonds. The summed E-state index contributed by atoms with van der Waals surface area (Å²) in [5, 5.41) is 1.07. The van der Waals surface area contributed by atoms with E-state index >= 15 is 0 Å². The fourth-order valence-electron chi connectivity index (χ4n) is 2.41. The van der Waals surface area contributed by atoms with Crippen LogP contribution in [0.1, 0.15) is 13.3 Å². The van der Waals surface area contributed by atoms with Crippen molar-refractivity contribution in [3.8, 4) is 5.75 Å². The van der Waals surface area contributed by atoms with Gasteiger partial charge in [-0.2, -0.15) is 0 Å². The molecule has 0 aliphatic carbocycles. The van der Waals surface area contributed by atoms with Crippen LogP contribution >= 0.6 is 0 Å². The number of hydrogen-bond acceptors (Lipinski definition) is 5. The lowest BCUT2D eigenvalue weighted by atomic mass is 10.1. The van der Waals surface area contributed by atoms with Gasteiger partial charge in [0.05, 0.1) is 24.0 Å². The number of fused-ring (bicyclic) bond motifs is 2. The van der Waals surface area contributed by atoms with Crippen molar-refractivity contribution in [1.29, 1.82) is 0 Å². The third kappa shape index (κ3) is 3.71. The lowest BCUT2D eigenvalue weighted by Gasteiger charge is -2.08. The summed E-state index contributed by atoms with van der Waals surface area (Å²) in [6.45, 7) is 5.76. The molecule has 2 aromatic carbocycles. The maximum absolute atomic E-state index is 12.5. The number of esters is 1. The summed E-state index contributed by atoms with van der Waals surface area (Å²) < 4.78 is 16.4. The van der Waals surface area contributed by atoms with Crippen molar-refractivity contribution in [1.82, 2.24) is 0 Å². The van der Waals surface area contributed by atoms with Gasteiger partial charge in [0.15, 0.2) is 0 Å². The molecule has 1 heterocycles. The number of carbonyl (C=O) groups is 1. The van der Waals surface area contributed by atoms with Gasteiger partial charge in [-0.05, 0) is 31.2 Å². The second kappa shape index (κ2) is 7.21. The van der Waals surface area contributed by atoms with Crippen LogP contribution in [0.25, 0.3) is 21.9 Å². The Morgan fingerprint density at radius 3 is 2.64 bits per heavy atom. The second-order valence-corrected chi connectivity index (χ2v) is 5.70. The van der Waals surface area contributed by atoms with E-state index in [0.29, 0.717) is 46.3 Å². The molecule has 0 fully saturated rings. The predicted molar refractivity (Wildman–Crippen MR) is 95.9 cm³/mol. The SMILES string of the molecule is C=C(C)C(=O)OCCCOc1ccc2c(=O)c3ccccc3oc2c1. The third-order valence-corrected chi connectivity index (χ3v) is 3.69. The number of ether oxygens (including phenoxy) is 2. The highest BCUT2D eigenvalue weighted by Crippen LogP contribution is 2.22. The van der Waals surface area contributed by atoms with Crippen molar-refractivity contribution >= 4 is 27.9 Å². The van der Waals surface area contributed by atoms with Crippen LogP contribution in [0.2, 0.25) is 0 Å². The normalized spacial score (nSPS) is 10.8. The minimum Gasteiger partial charge on any atom is -0.493 e. The van der Waals surface area contributed by atoms with Gasteiger partial charge in [0.2, 0.25) is 5.43 Å². The second-order valence-electron chi connectivity index (χ2n) is 5.70. The lowest BCUT2D eigenvalue weighted by Crippen LogP contribution is -2.09. The van der Waals surface area contributed by atoms with Gasteiger partial charge in [-0.1, -0.05) is 18.7 Å². The molecule has 0 atom stereocenters. The van der Waals surface area contributed by atoms with Crippen LogP contribution in [-0.2, 0) is 9.53 Å². The van der Waals surface area contributed by atoms with E-state index in [-0.39, 0.29) is 12.0 Å². The monoisotopic (exact) mass is 338 g/mol. The van der Waals surface area contributed by atoms with Crippen LogP contribution in [0.3, 0.4) is 0 Å². The maximum atomic E-state index is 12.5. The minimum absolute atomic E-state index is 0.0601. The summed E-state index contributed by atoms with van der Waals surface area (Å²) in [5.74, 6) is 0.191. The first-order valence-corrected chi connectivity index (χ1v) is 7.97. The van der Waals surface area contributed by atoms with E-state index in [4.69, 9.17) is 13.9 Å². The number of carbonyl (C=O) groups excluding carboxylic acids is 1. The van der Waals surface area contributed by atoms with Gasteiger partial charge in [0.25, 0.3) is 0 Å². The Bertz CT molecular complexity index is 1000. The Hall–Kier alpha value is -3.08. The van der Waals surface area contributed by atoms with Crippen LogP contribution in [-0.4, -0.2) is 19.2 Å². The van der Waals surface area contributed by atoms with Crippen molar-refractivity contribution in [3.05, 3.63) is 64.8 Å². The molecule has 3 aromatic rings. The van der Waals surface area contributed by atoms with E-state index < -0.39 is 5.97 Å². The van der Waals surface area contributed by atoms with Crippen LogP contribution in [0.15, 0.2) is 63.8 Å². The highest BCUT2D eigenvalue weighted by atomic mass is 16.5. The van der Waals surface area contributed by atoms with Crippen molar-refractivity contribution < 1.29 is 18.7 Å². The Morgan fingerprint density at radius 1 is 1.08 bits per heavy atom. The molecule has 0 spiro atoms. The zero-order chi connectivity index (χ0) is 17.8. The summed E-state index contributed by atoms with van der Waals surface area (Å²) in [7, 11) is 0. The largest absolute Gasteiger partial charge is 0.493 e. The Labute approximate surface area is 144 Å². The molecule has 0 bridgehead atoms. The first kappa shape index (κ1) is 16.8. The zero-order valence-electron chi connectivity index (χ0n) is 13.9. The van der Waals surface area contributed by atoms with Gasteiger partial charge in [0.1, 0.15) is 16.9 Å². The molecule has 0 saturated heterocycles. The smallest absolute Gasteiger partial charge is 0.333 e. The zero-order valence-corrected chi connectivity index (χ0v) is 13.9. The Balaban J connectivity index is 1.69. The average Bonchev–Trinajstić information content (AvgIpc) is 2.61. The number of para-hydroxylation sites is 1. The van der Waals surface area contributed by atoms with Gasteiger partial charge in [-0.25, -0.2) is 4.79 Å². The average molecular weight is 338 g/mol. The van der Waals surface area contributed by atoms with E-state index in [1.807, 2.05) is 12.1 Å². The molecule has 0 aliphatic rings. The first-order valence-electron chi connectivity index (χ1n) is 7.97.